The molecule has 27 heavy (non-hydrogen) atoms. The van der Waals surface area contributed by atoms with Crippen molar-refractivity contribution in [3.05, 3.63) is 39.8 Å². The van der Waals surface area contributed by atoms with E-state index in [2.05, 4.69) is 15.7 Å². The van der Waals surface area contributed by atoms with Gasteiger partial charge in [-0.05, 0) is 67.7 Å². The highest BCUT2D eigenvalue weighted by Crippen LogP contribution is 2.40. The van der Waals surface area contributed by atoms with Crippen LogP contribution in [0.4, 0.5) is 14.9 Å². The van der Waals surface area contributed by atoms with Crippen LogP contribution >= 0.6 is 0 Å². The van der Waals surface area contributed by atoms with Crippen LogP contribution in [0.2, 0.25) is 0 Å². The van der Waals surface area contributed by atoms with E-state index >= 15 is 0 Å². The van der Waals surface area contributed by atoms with Gasteiger partial charge < -0.3 is 15.4 Å². The van der Waals surface area contributed by atoms with Gasteiger partial charge in [-0.1, -0.05) is 0 Å². The van der Waals surface area contributed by atoms with Crippen LogP contribution < -0.4 is 15.4 Å². The molecule has 2 aliphatic carbocycles. The summed E-state index contributed by atoms with van der Waals surface area (Å²) in [5.74, 6) is 0.703. The maximum Gasteiger partial charge on any atom is 0.319 e. The molecule has 2 amide bonds. The first-order chi connectivity index (χ1) is 13.1. The highest BCUT2D eigenvalue weighted by molar-refractivity contribution is 5.92. The first-order valence-corrected chi connectivity index (χ1v) is 9.73. The molecule has 0 saturated carbocycles. The minimum Gasteiger partial charge on any atom is -0.473 e. The maximum absolute atomic E-state index is 14.7. The van der Waals surface area contributed by atoms with Gasteiger partial charge in [0, 0.05) is 5.69 Å². The molecular weight excluding hydrogens is 347 g/mol. The van der Waals surface area contributed by atoms with Gasteiger partial charge in [0.2, 0.25) is 5.88 Å². The molecule has 0 radical (unpaired) electrons. The number of hydrogen-bond donors (Lipinski definition) is 2. The lowest BCUT2D eigenvalue weighted by atomic mass is 9.98. The number of aromatic nitrogens is 2. The van der Waals surface area contributed by atoms with E-state index < -0.39 is 0 Å². The number of urea groups is 1. The van der Waals surface area contributed by atoms with Gasteiger partial charge in [-0.15, -0.1) is 0 Å². The molecule has 7 heteroatoms. The van der Waals surface area contributed by atoms with E-state index in [1.807, 2.05) is 11.6 Å². The molecule has 5 rings (SSSR count). The summed E-state index contributed by atoms with van der Waals surface area (Å²) in [5.41, 5.74) is 5.31. The number of nitrogens with one attached hydrogen (secondary N) is 2. The molecule has 2 aromatic rings. The fraction of sp³-hybridized carbons (Fsp3) is 0.500. The summed E-state index contributed by atoms with van der Waals surface area (Å²) in [5, 5.41) is 10.2. The van der Waals surface area contributed by atoms with Crippen LogP contribution in [0.1, 0.15) is 47.6 Å². The Morgan fingerprint density at radius 2 is 1.89 bits per heavy atom. The summed E-state index contributed by atoms with van der Waals surface area (Å²) in [6, 6.07) is -0.268. The third kappa shape index (κ3) is 2.67. The van der Waals surface area contributed by atoms with E-state index in [1.54, 1.807) is 6.20 Å². The summed E-state index contributed by atoms with van der Waals surface area (Å²) in [6.07, 6.45) is 6.92. The fourth-order valence-corrected chi connectivity index (χ4v) is 4.64. The van der Waals surface area contributed by atoms with Crippen LogP contribution in [0.5, 0.6) is 5.88 Å². The van der Waals surface area contributed by atoms with Crippen LogP contribution in [0.3, 0.4) is 0 Å². The highest BCUT2D eigenvalue weighted by Gasteiger charge is 2.30. The number of fused-ring (bicyclic) bond motifs is 3. The Bertz CT molecular complexity index is 902. The standard InChI is InChI=1S/C20H23FN4O2/c1-11-10-25-19(27-11)12(9-23-25)8-22-20(26)24-18-15-6-2-4-13(15)17(21)14-5-3-7-16(14)18/h9,11H,2-8,10H2,1H3,(H2,22,24,26)/t11-/m0/s1. The lowest BCUT2D eigenvalue weighted by Gasteiger charge is -2.17. The van der Waals surface area contributed by atoms with E-state index in [1.165, 1.54) is 0 Å². The molecule has 0 saturated heterocycles. The summed E-state index contributed by atoms with van der Waals surface area (Å²) in [6.45, 7) is 3.07. The van der Waals surface area contributed by atoms with Gasteiger partial charge in [0.05, 0.1) is 24.8 Å². The molecule has 3 aliphatic rings. The van der Waals surface area contributed by atoms with E-state index in [-0.39, 0.29) is 18.0 Å². The second-order valence-corrected chi connectivity index (χ2v) is 7.70. The number of carbonyl (C=O) groups is 1. The van der Waals surface area contributed by atoms with Crippen molar-refractivity contribution >= 4 is 11.7 Å². The number of hydrogen-bond acceptors (Lipinski definition) is 3. The van der Waals surface area contributed by atoms with E-state index in [9.17, 15) is 9.18 Å². The molecule has 2 heterocycles. The highest BCUT2D eigenvalue weighted by atomic mass is 19.1. The van der Waals surface area contributed by atoms with Gasteiger partial charge in [-0.25, -0.2) is 13.9 Å². The van der Waals surface area contributed by atoms with Crippen molar-refractivity contribution in [2.45, 2.75) is 64.6 Å². The Balaban J connectivity index is 1.34. The molecule has 6 nitrogen and oxygen atoms in total. The van der Waals surface area contributed by atoms with E-state index in [0.717, 1.165) is 84.5 Å². The molecule has 2 N–H and O–H groups in total. The second-order valence-electron chi connectivity index (χ2n) is 7.70. The number of halogens is 1. The van der Waals surface area contributed by atoms with Crippen molar-refractivity contribution in [3.8, 4) is 5.88 Å². The smallest absolute Gasteiger partial charge is 0.319 e. The van der Waals surface area contributed by atoms with Crippen molar-refractivity contribution in [1.29, 1.82) is 0 Å². The number of ether oxygens (including phenoxy) is 1. The van der Waals surface area contributed by atoms with Crippen molar-refractivity contribution in [1.82, 2.24) is 15.1 Å². The second kappa shape index (κ2) is 6.25. The quantitative estimate of drug-likeness (QED) is 0.872. The van der Waals surface area contributed by atoms with Gasteiger partial charge in [-0.3, -0.25) is 0 Å². The van der Waals surface area contributed by atoms with Crippen LogP contribution in [0.15, 0.2) is 6.20 Å². The van der Waals surface area contributed by atoms with Gasteiger partial charge in [0.25, 0.3) is 0 Å². The van der Waals surface area contributed by atoms with Gasteiger partial charge in [-0.2, -0.15) is 5.10 Å². The Morgan fingerprint density at radius 1 is 1.22 bits per heavy atom. The Morgan fingerprint density at radius 3 is 2.59 bits per heavy atom. The Hall–Kier alpha value is -2.57. The lowest BCUT2D eigenvalue weighted by Crippen LogP contribution is -2.29. The predicted octanol–water partition coefficient (Wildman–Crippen LogP) is 3.10. The van der Waals surface area contributed by atoms with Gasteiger partial charge >= 0.3 is 6.03 Å². The first kappa shape index (κ1) is 16.6. The van der Waals surface area contributed by atoms with Gasteiger partial charge in [0.15, 0.2) is 0 Å². The summed E-state index contributed by atoms with van der Waals surface area (Å²) in [7, 11) is 0. The van der Waals surface area contributed by atoms with Crippen LogP contribution in [0, 0.1) is 5.82 Å². The Labute approximate surface area is 157 Å². The van der Waals surface area contributed by atoms with Gasteiger partial charge in [0.1, 0.15) is 11.9 Å². The zero-order chi connectivity index (χ0) is 18.5. The average molecular weight is 370 g/mol. The molecule has 0 bridgehead atoms. The molecule has 1 aliphatic heterocycles. The van der Waals surface area contributed by atoms with Crippen molar-refractivity contribution in [3.63, 3.8) is 0 Å². The van der Waals surface area contributed by atoms with Crippen molar-refractivity contribution < 1.29 is 13.9 Å². The number of rotatable bonds is 3. The predicted molar refractivity (Wildman–Crippen MR) is 98.6 cm³/mol. The summed E-state index contributed by atoms with van der Waals surface area (Å²) >= 11 is 0. The van der Waals surface area contributed by atoms with E-state index in [4.69, 9.17) is 4.74 Å². The fourth-order valence-electron chi connectivity index (χ4n) is 4.64. The number of amides is 2. The minimum absolute atomic E-state index is 0.0253. The van der Waals surface area contributed by atoms with Crippen molar-refractivity contribution in [2.24, 2.45) is 0 Å². The zero-order valence-electron chi connectivity index (χ0n) is 15.4. The molecule has 0 unspecified atom stereocenters. The minimum atomic E-state index is -0.268. The monoisotopic (exact) mass is 370 g/mol. The third-order valence-electron chi connectivity index (χ3n) is 5.85. The SMILES string of the molecule is C[C@H]1Cn2ncc(CNC(=O)Nc3c4c(c(F)c5c3CCC5)CCC4)c2O1. The molecule has 0 fully saturated rings. The molecular formula is C20H23FN4O2. The molecule has 0 spiro atoms. The zero-order valence-corrected chi connectivity index (χ0v) is 15.4. The molecule has 1 aromatic carbocycles. The number of anilines is 1. The number of benzene rings is 1. The molecule has 142 valence electrons. The number of carbonyl (C=O) groups excluding carboxylic acids is 1. The molecule has 1 atom stereocenters. The Kier molecular flexibility index (Phi) is 3.84. The number of nitrogens with zero attached hydrogens (tertiary/aromatic N) is 2. The topological polar surface area (TPSA) is 68.2 Å². The lowest BCUT2D eigenvalue weighted by molar-refractivity contribution is 0.247. The average Bonchev–Trinajstić information content (AvgIpc) is 3.40. The van der Waals surface area contributed by atoms with E-state index in [0.29, 0.717) is 6.54 Å². The maximum atomic E-state index is 14.7. The van der Waals surface area contributed by atoms with Crippen LogP contribution in [-0.4, -0.2) is 21.9 Å². The van der Waals surface area contributed by atoms with Crippen LogP contribution in [-0.2, 0) is 38.8 Å². The largest absolute Gasteiger partial charge is 0.473 e. The van der Waals surface area contributed by atoms with Crippen molar-refractivity contribution in [2.75, 3.05) is 5.32 Å². The first-order valence-electron chi connectivity index (χ1n) is 9.73. The third-order valence-corrected chi connectivity index (χ3v) is 5.85. The summed E-state index contributed by atoms with van der Waals surface area (Å²) < 4.78 is 22.3. The molecule has 1 aromatic heterocycles. The summed E-state index contributed by atoms with van der Waals surface area (Å²) in [4.78, 5) is 12.6. The normalized spacial score (nSPS) is 19.4. The van der Waals surface area contributed by atoms with Crippen LogP contribution in [0.25, 0.3) is 0 Å².